The summed E-state index contributed by atoms with van der Waals surface area (Å²) in [6, 6.07) is 17.4. The number of para-hydroxylation sites is 1. The molecule has 1 N–H and O–H groups in total. The molecule has 22 heavy (non-hydrogen) atoms. The van der Waals surface area contributed by atoms with Crippen LogP contribution in [0, 0.1) is 0 Å². The minimum absolute atomic E-state index is 0.243. The number of hydrogen-bond donors (Lipinski definition) is 1. The fourth-order valence-corrected chi connectivity index (χ4v) is 2.58. The first-order valence-corrected chi connectivity index (χ1v) is 7.62. The van der Waals surface area contributed by atoms with E-state index in [0.29, 0.717) is 12.2 Å². The number of aromatic nitrogens is 1. The number of benzene rings is 2. The molecule has 1 aromatic heterocycles. The Morgan fingerprint density at radius 3 is 2.59 bits per heavy atom. The van der Waals surface area contributed by atoms with E-state index in [-0.39, 0.29) is 5.97 Å². The summed E-state index contributed by atoms with van der Waals surface area (Å²) in [4.78, 5) is 15.1. The van der Waals surface area contributed by atoms with E-state index in [1.165, 1.54) is 16.5 Å². The molecular formula is C19H19NO2. The minimum Gasteiger partial charge on any atom is -0.462 e. The largest absolute Gasteiger partial charge is 0.462 e. The third-order valence-electron chi connectivity index (χ3n) is 3.76. The molecule has 0 atom stereocenters. The van der Waals surface area contributed by atoms with Crippen molar-refractivity contribution in [3.63, 3.8) is 0 Å². The average molecular weight is 293 g/mol. The normalized spacial score (nSPS) is 10.7. The Hall–Kier alpha value is -2.55. The predicted molar refractivity (Wildman–Crippen MR) is 88.0 cm³/mol. The van der Waals surface area contributed by atoms with Crippen molar-refractivity contribution in [2.75, 3.05) is 6.61 Å². The lowest BCUT2D eigenvalue weighted by Gasteiger charge is -2.04. The molecule has 0 spiro atoms. The summed E-state index contributed by atoms with van der Waals surface area (Å²) in [6.07, 6.45) is 4.94. The van der Waals surface area contributed by atoms with Gasteiger partial charge in [0.15, 0.2) is 0 Å². The molecule has 0 saturated heterocycles. The summed E-state index contributed by atoms with van der Waals surface area (Å²) in [6.45, 7) is 0.468. The van der Waals surface area contributed by atoms with Crippen LogP contribution in [0.15, 0.2) is 60.8 Å². The number of ether oxygens (including phenoxy) is 1. The molecule has 2 aromatic carbocycles. The van der Waals surface area contributed by atoms with Gasteiger partial charge in [0.05, 0.1) is 12.2 Å². The number of unbranched alkanes of at least 4 members (excludes halogenated alkanes) is 1. The predicted octanol–water partition coefficient (Wildman–Crippen LogP) is 4.35. The molecule has 0 aliphatic carbocycles. The molecule has 0 fully saturated rings. The van der Waals surface area contributed by atoms with Gasteiger partial charge >= 0.3 is 5.97 Å². The summed E-state index contributed by atoms with van der Waals surface area (Å²) >= 11 is 0. The molecule has 0 aliphatic heterocycles. The second-order valence-corrected chi connectivity index (χ2v) is 5.32. The van der Waals surface area contributed by atoms with Crippen LogP contribution in [-0.4, -0.2) is 17.6 Å². The molecule has 3 heteroatoms. The summed E-state index contributed by atoms with van der Waals surface area (Å²) < 4.78 is 5.29. The van der Waals surface area contributed by atoms with E-state index in [1.54, 1.807) is 12.1 Å². The number of nitrogens with one attached hydrogen (secondary N) is 1. The molecular weight excluding hydrogens is 274 g/mol. The molecule has 0 unspecified atom stereocenters. The fourth-order valence-electron chi connectivity index (χ4n) is 2.58. The SMILES string of the molecule is O=C(OCCCCc1c[nH]c2ccccc12)c1ccccc1. The Bertz CT molecular complexity index is 746. The maximum atomic E-state index is 11.8. The van der Waals surface area contributed by atoms with Gasteiger partial charge in [-0.15, -0.1) is 0 Å². The van der Waals surface area contributed by atoms with Crippen molar-refractivity contribution in [2.24, 2.45) is 0 Å². The van der Waals surface area contributed by atoms with Crippen LogP contribution in [0.5, 0.6) is 0 Å². The van der Waals surface area contributed by atoms with Gasteiger partial charge in [-0.3, -0.25) is 0 Å². The van der Waals surface area contributed by atoms with Crippen molar-refractivity contribution in [1.29, 1.82) is 0 Å². The van der Waals surface area contributed by atoms with Crippen LogP contribution in [0.4, 0.5) is 0 Å². The second-order valence-electron chi connectivity index (χ2n) is 5.32. The summed E-state index contributed by atoms with van der Waals surface area (Å²) in [7, 11) is 0. The monoisotopic (exact) mass is 293 g/mol. The van der Waals surface area contributed by atoms with Gasteiger partial charge in [0.25, 0.3) is 0 Å². The second kappa shape index (κ2) is 6.94. The van der Waals surface area contributed by atoms with Crippen molar-refractivity contribution in [2.45, 2.75) is 19.3 Å². The Morgan fingerprint density at radius 1 is 0.955 bits per heavy atom. The van der Waals surface area contributed by atoms with Crippen LogP contribution >= 0.6 is 0 Å². The van der Waals surface area contributed by atoms with Crippen molar-refractivity contribution < 1.29 is 9.53 Å². The molecule has 3 aromatic rings. The molecule has 1 heterocycles. The Kier molecular flexibility index (Phi) is 4.54. The van der Waals surface area contributed by atoms with Crippen LogP contribution in [0.25, 0.3) is 10.9 Å². The molecule has 3 nitrogen and oxygen atoms in total. The highest BCUT2D eigenvalue weighted by molar-refractivity contribution is 5.89. The summed E-state index contributed by atoms with van der Waals surface area (Å²) in [5.41, 5.74) is 3.11. The molecule has 0 saturated carbocycles. The number of hydrogen-bond acceptors (Lipinski definition) is 2. The standard InChI is InChI=1S/C19H19NO2/c21-19(15-8-2-1-3-9-15)22-13-7-6-10-16-14-20-18-12-5-4-11-17(16)18/h1-5,8-9,11-12,14,20H,6-7,10,13H2. The maximum absolute atomic E-state index is 11.8. The van der Waals surface area contributed by atoms with E-state index >= 15 is 0 Å². The van der Waals surface area contributed by atoms with Crippen molar-refractivity contribution >= 4 is 16.9 Å². The zero-order valence-corrected chi connectivity index (χ0v) is 12.4. The number of carbonyl (C=O) groups is 1. The van der Waals surface area contributed by atoms with Gasteiger partial charge in [0, 0.05) is 17.1 Å². The van der Waals surface area contributed by atoms with Crippen molar-refractivity contribution in [3.05, 3.63) is 71.9 Å². The lowest BCUT2D eigenvalue weighted by molar-refractivity contribution is 0.0498. The van der Waals surface area contributed by atoms with Crippen molar-refractivity contribution in [1.82, 2.24) is 4.98 Å². The average Bonchev–Trinajstić information content (AvgIpc) is 2.98. The lowest BCUT2D eigenvalue weighted by Crippen LogP contribution is -2.06. The van der Waals surface area contributed by atoms with Gasteiger partial charge in [-0.25, -0.2) is 4.79 Å². The highest BCUT2D eigenvalue weighted by Crippen LogP contribution is 2.19. The van der Waals surface area contributed by atoms with Crippen LogP contribution < -0.4 is 0 Å². The van der Waals surface area contributed by atoms with Crippen molar-refractivity contribution in [3.8, 4) is 0 Å². The number of esters is 1. The van der Waals surface area contributed by atoms with Gasteiger partial charge in [-0.1, -0.05) is 36.4 Å². The van der Waals surface area contributed by atoms with Gasteiger partial charge < -0.3 is 9.72 Å². The first kappa shape index (κ1) is 14.4. The zero-order chi connectivity index (χ0) is 15.2. The lowest BCUT2D eigenvalue weighted by atomic mass is 10.1. The van der Waals surface area contributed by atoms with E-state index in [4.69, 9.17) is 4.74 Å². The third kappa shape index (κ3) is 3.37. The zero-order valence-electron chi connectivity index (χ0n) is 12.4. The highest BCUT2D eigenvalue weighted by Gasteiger charge is 2.06. The molecule has 0 radical (unpaired) electrons. The topological polar surface area (TPSA) is 42.1 Å². The van der Waals surface area contributed by atoms with E-state index in [9.17, 15) is 4.79 Å². The van der Waals surface area contributed by atoms with Gasteiger partial charge in [-0.05, 0) is 43.0 Å². The first-order chi connectivity index (χ1) is 10.8. The fraction of sp³-hybridized carbons (Fsp3) is 0.211. The number of aryl methyl sites for hydroxylation is 1. The van der Waals surface area contributed by atoms with Gasteiger partial charge in [0.1, 0.15) is 0 Å². The third-order valence-corrected chi connectivity index (χ3v) is 3.76. The van der Waals surface area contributed by atoms with E-state index < -0.39 is 0 Å². The quantitative estimate of drug-likeness (QED) is 0.542. The number of carbonyl (C=O) groups excluding carboxylic acids is 1. The van der Waals surface area contributed by atoms with Crippen LogP contribution in [-0.2, 0) is 11.2 Å². The smallest absolute Gasteiger partial charge is 0.338 e. The number of H-pyrrole nitrogens is 1. The van der Waals surface area contributed by atoms with Crippen LogP contribution in [0.2, 0.25) is 0 Å². The Balaban J connectivity index is 1.43. The van der Waals surface area contributed by atoms with Gasteiger partial charge in [-0.2, -0.15) is 0 Å². The van der Waals surface area contributed by atoms with E-state index in [1.807, 2.05) is 24.3 Å². The first-order valence-electron chi connectivity index (χ1n) is 7.62. The molecule has 112 valence electrons. The van der Waals surface area contributed by atoms with Gasteiger partial charge in [0.2, 0.25) is 0 Å². The number of aromatic amines is 1. The van der Waals surface area contributed by atoms with Crippen LogP contribution in [0.1, 0.15) is 28.8 Å². The Morgan fingerprint density at radius 2 is 1.73 bits per heavy atom. The molecule has 0 amide bonds. The molecule has 3 rings (SSSR count). The Labute approximate surface area is 129 Å². The molecule has 0 bridgehead atoms. The number of rotatable bonds is 6. The van der Waals surface area contributed by atoms with E-state index in [0.717, 1.165) is 19.3 Å². The summed E-state index contributed by atoms with van der Waals surface area (Å²) in [5.74, 6) is -0.243. The van der Waals surface area contributed by atoms with E-state index in [2.05, 4.69) is 29.4 Å². The highest BCUT2D eigenvalue weighted by atomic mass is 16.5. The summed E-state index contributed by atoms with van der Waals surface area (Å²) in [5, 5.41) is 1.28. The van der Waals surface area contributed by atoms with Crippen LogP contribution in [0.3, 0.4) is 0 Å². The maximum Gasteiger partial charge on any atom is 0.338 e. The minimum atomic E-state index is -0.243. The molecule has 0 aliphatic rings. The number of fused-ring (bicyclic) bond motifs is 1.